The molecule has 1 aliphatic rings. The lowest BCUT2D eigenvalue weighted by molar-refractivity contribution is 0.0724. The van der Waals surface area contributed by atoms with E-state index in [0.717, 1.165) is 34.7 Å². The van der Waals surface area contributed by atoms with Crippen molar-refractivity contribution in [3.63, 3.8) is 0 Å². The molecule has 0 aromatic carbocycles. The minimum absolute atomic E-state index is 0.00867. The first-order chi connectivity index (χ1) is 11.6. The molecule has 124 valence electrons. The quantitative estimate of drug-likeness (QED) is 0.719. The van der Waals surface area contributed by atoms with Gasteiger partial charge in [-0.1, -0.05) is 16.4 Å². The number of carbonyl (C=O) groups is 1. The minimum Gasteiger partial charge on any atom is -0.361 e. The number of hydrogen-bond donors (Lipinski definition) is 0. The van der Waals surface area contributed by atoms with Gasteiger partial charge in [-0.15, -0.1) is 11.3 Å². The first-order valence-corrected chi connectivity index (χ1v) is 8.77. The Bertz CT molecular complexity index is 846. The topological polar surface area (TPSA) is 72.4 Å². The van der Waals surface area contributed by atoms with E-state index >= 15 is 0 Å². The molecule has 3 aromatic rings. The third-order valence-corrected chi connectivity index (χ3v) is 5.31. The molecule has 1 unspecified atom stereocenters. The monoisotopic (exact) mass is 343 g/mol. The standard InChI is InChI=1S/C17H17N3O3S/c1-10-16(11(2)22-18-10)13-5-3-7-20(13)17(21)12-9-14(23-19-12)15-6-4-8-24-15/h4,6,8-9,13H,3,5,7H2,1-2H3. The van der Waals surface area contributed by atoms with Crippen LogP contribution in [0, 0.1) is 13.8 Å². The van der Waals surface area contributed by atoms with Gasteiger partial charge in [0.05, 0.1) is 16.6 Å². The van der Waals surface area contributed by atoms with Crippen LogP contribution in [0.2, 0.25) is 0 Å². The SMILES string of the molecule is Cc1noc(C)c1C1CCCN1C(=O)c1cc(-c2cccs2)on1. The van der Waals surface area contributed by atoms with Crippen molar-refractivity contribution in [3.05, 3.63) is 46.3 Å². The summed E-state index contributed by atoms with van der Waals surface area (Å²) in [7, 11) is 0. The number of thiophene rings is 1. The predicted molar refractivity (Wildman–Crippen MR) is 88.8 cm³/mol. The molecule has 6 nitrogen and oxygen atoms in total. The van der Waals surface area contributed by atoms with Gasteiger partial charge in [0.15, 0.2) is 11.5 Å². The summed E-state index contributed by atoms with van der Waals surface area (Å²) in [6.07, 6.45) is 1.86. The molecule has 0 spiro atoms. The number of nitrogens with zero attached hydrogens (tertiary/aromatic N) is 3. The van der Waals surface area contributed by atoms with Crippen molar-refractivity contribution in [1.82, 2.24) is 15.2 Å². The average molecular weight is 343 g/mol. The summed E-state index contributed by atoms with van der Waals surface area (Å²) < 4.78 is 10.6. The largest absolute Gasteiger partial charge is 0.361 e. The van der Waals surface area contributed by atoms with Gasteiger partial charge in [0.25, 0.3) is 5.91 Å². The molecule has 0 saturated carbocycles. The van der Waals surface area contributed by atoms with Crippen LogP contribution in [0.4, 0.5) is 0 Å². The number of likely N-dealkylation sites (tertiary alicyclic amines) is 1. The Hall–Kier alpha value is -2.41. The van der Waals surface area contributed by atoms with E-state index in [9.17, 15) is 4.79 Å². The van der Waals surface area contributed by atoms with Crippen molar-refractivity contribution in [1.29, 1.82) is 0 Å². The fourth-order valence-corrected chi connectivity index (χ4v) is 4.01. The second kappa shape index (κ2) is 5.90. The van der Waals surface area contributed by atoms with E-state index in [-0.39, 0.29) is 11.9 Å². The molecule has 3 aromatic heterocycles. The summed E-state index contributed by atoms with van der Waals surface area (Å²) in [5.41, 5.74) is 2.21. The number of aryl methyl sites for hydroxylation is 2. The Labute approximate surface area is 143 Å². The highest BCUT2D eigenvalue weighted by Crippen LogP contribution is 2.36. The lowest BCUT2D eigenvalue weighted by Crippen LogP contribution is -2.31. The zero-order valence-electron chi connectivity index (χ0n) is 13.5. The maximum absolute atomic E-state index is 12.9. The van der Waals surface area contributed by atoms with E-state index in [2.05, 4.69) is 10.3 Å². The van der Waals surface area contributed by atoms with Crippen molar-refractivity contribution in [2.75, 3.05) is 6.54 Å². The number of aromatic nitrogens is 2. The molecule has 24 heavy (non-hydrogen) atoms. The molecule has 4 rings (SSSR count). The smallest absolute Gasteiger partial charge is 0.276 e. The molecule has 0 aliphatic carbocycles. The van der Waals surface area contributed by atoms with Gasteiger partial charge in [-0.05, 0) is 38.1 Å². The zero-order valence-corrected chi connectivity index (χ0v) is 14.3. The molecule has 1 aliphatic heterocycles. The van der Waals surface area contributed by atoms with Crippen molar-refractivity contribution in [2.24, 2.45) is 0 Å². The fraction of sp³-hybridized carbons (Fsp3) is 0.353. The van der Waals surface area contributed by atoms with Crippen molar-refractivity contribution < 1.29 is 13.8 Å². The first kappa shape index (κ1) is 15.1. The molecule has 1 atom stereocenters. The van der Waals surface area contributed by atoms with Crippen molar-refractivity contribution >= 4 is 17.2 Å². The van der Waals surface area contributed by atoms with Crippen LogP contribution in [-0.4, -0.2) is 27.7 Å². The molecule has 1 saturated heterocycles. The zero-order chi connectivity index (χ0) is 16.7. The minimum atomic E-state index is -0.107. The van der Waals surface area contributed by atoms with E-state index in [1.54, 1.807) is 17.4 Å². The van der Waals surface area contributed by atoms with E-state index in [0.29, 0.717) is 18.0 Å². The van der Waals surface area contributed by atoms with Crippen LogP contribution in [-0.2, 0) is 0 Å². The summed E-state index contributed by atoms with van der Waals surface area (Å²) in [5, 5.41) is 9.96. The van der Waals surface area contributed by atoms with Crippen LogP contribution in [0.5, 0.6) is 0 Å². The second-order valence-corrected chi connectivity index (χ2v) is 6.90. The second-order valence-electron chi connectivity index (χ2n) is 5.95. The Kier molecular flexibility index (Phi) is 3.72. The molecule has 7 heteroatoms. The molecule has 0 bridgehead atoms. The Morgan fingerprint density at radius 2 is 2.21 bits per heavy atom. The van der Waals surface area contributed by atoms with Gasteiger partial charge in [-0.3, -0.25) is 4.79 Å². The molecular weight excluding hydrogens is 326 g/mol. The van der Waals surface area contributed by atoms with E-state index < -0.39 is 0 Å². The third-order valence-electron chi connectivity index (χ3n) is 4.43. The number of rotatable bonds is 3. The van der Waals surface area contributed by atoms with Gasteiger partial charge in [0.2, 0.25) is 0 Å². The highest BCUT2D eigenvalue weighted by molar-refractivity contribution is 7.13. The summed E-state index contributed by atoms with van der Waals surface area (Å²) in [6, 6.07) is 5.60. The van der Waals surface area contributed by atoms with Crippen LogP contribution in [0.1, 0.15) is 46.4 Å². The van der Waals surface area contributed by atoms with E-state index in [1.165, 1.54) is 0 Å². The van der Waals surface area contributed by atoms with Crippen LogP contribution < -0.4 is 0 Å². The summed E-state index contributed by atoms with van der Waals surface area (Å²) in [6.45, 7) is 4.51. The Balaban J connectivity index is 1.62. The number of carbonyl (C=O) groups excluding carboxylic acids is 1. The highest BCUT2D eigenvalue weighted by atomic mass is 32.1. The van der Waals surface area contributed by atoms with Gasteiger partial charge in [0.1, 0.15) is 5.76 Å². The first-order valence-electron chi connectivity index (χ1n) is 7.89. The van der Waals surface area contributed by atoms with Gasteiger partial charge in [-0.25, -0.2) is 0 Å². The normalized spacial score (nSPS) is 17.6. The molecule has 4 heterocycles. The number of hydrogen-bond acceptors (Lipinski definition) is 6. The molecule has 0 N–H and O–H groups in total. The molecule has 1 amide bonds. The van der Waals surface area contributed by atoms with Gasteiger partial charge in [0, 0.05) is 18.2 Å². The van der Waals surface area contributed by atoms with Crippen LogP contribution in [0.25, 0.3) is 10.6 Å². The fourth-order valence-electron chi connectivity index (χ4n) is 3.33. The summed E-state index contributed by atoms with van der Waals surface area (Å²) >= 11 is 1.56. The van der Waals surface area contributed by atoms with Crippen LogP contribution in [0.15, 0.2) is 32.6 Å². The van der Waals surface area contributed by atoms with Crippen molar-refractivity contribution in [2.45, 2.75) is 32.7 Å². The maximum Gasteiger partial charge on any atom is 0.276 e. The van der Waals surface area contributed by atoms with Crippen LogP contribution >= 0.6 is 11.3 Å². The highest BCUT2D eigenvalue weighted by Gasteiger charge is 2.35. The van der Waals surface area contributed by atoms with Crippen LogP contribution in [0.3, 0.4) is 0 Å². The van der Waals surface area contributed by atoms with Gasteiger partial charge < -0.3 is 13.9 Å². The van der Waals surface area contributed by atoms with Gasteiger partial charge >= 0.3 is 0 Å². The lowest BCUT2D eigenvalue weighted by atomic mass is 10.0. The summed E-state index contributed by atoms with van der Waals surface area (Å²) in [4.78, 5) is 15.7. The maximum atomic E-state index is 12.9. The van der Waals surface area contributed by atoms with E-state index in [1.807, 2.05) is 36.3 Å². The Morgan fingerprint density at radius 3 is 2.92 bits per heavy atom. The third kappa shape index (κ3) is 2.45. The average Bonchev–Trinajstić information content (AvgIpc) is 3.34. The Morgan fingerprint density at radius 1 is 1.33 bits per heavy atom. The predicted octanol–water partition coefficient (Wildman–Crippen LogP) is 3.99. The van der Waals surface area contributed by atoms with Crippen molar-refractivity contribution in [3.8, 4) is 10.6 Å². The lowest BCUT2D eigenvalue weighted by Gasteiger charge is -2.23. The molecular formula is C17H17N3O3S. The van der Waals surface area contributed by atoms with Gasteiger partial charge in [-0.2, -0.15) is 0 Å². The van der Waals surface area contributed by atoms with E-state index in [4.69, 9.17) is 9.05 Å². The molecule has 1 fully saturated rings. The molecule has 0 radical (unpaired) electrons. The number of amides is 1. The summed E-state index contributed by atoms with van der Waals surface area (Å²) in [5.74, 6) is 1.29.